The van der Waals surface area contributed by atoms with E-state index in [0.717, 1.165) is 41.3 Å². The fourth-order valence-corrected chi connectivity index (χ4v) is 3.16. The number of hydrogen-bond donors (Lipinski definition) is 1. The van der Waals surface area contributed by atoms with Gasteiger partial charge in [0.1, 0.15) is 5.75 Å². The molecule has 5 nitrogen and oxygen atoms in total. The topological polar surface area (TPSA) is 64.4 Å². The molecular weight excluding hydrogens is 348 g/mol. The van der Waals surface area contributed by atoms with Crippen molar-refractivity contribution < 1.29 is 13.9 Å². The van der Waals surface area contributed by atoms with Gasteiger partial charge in [-0.3, -0.25) is 4.79 Å². The Morgan fingerprint density at radius 3 is 3.09 bits per heavy atom. The van der Waals surface area contributed by atoms with Crippen LogP contribution in [0, 0.1) is 11.8 Å². The summed E-state index contributed by atoms with van der Waals surface area (Å²) >= 11 is 3.33. The Balaban J connectivity index is 1.72. The van der Waals surface area contributed by atoms with Gasteiger partial charge in [0, 0.05) is 28.7 Å². The summed E-state index contributed by atoms with van der Waals surface area (Å²) < 4.78 is 10.7. The van der Waals surface area contributed by atoms with Crippen LogP contribution in [0.15, 0.2) is 22.9 Å². The Labute approximate surface area is 137 Å². The summed E-state index contributed by atoms with van der Waals surface area (Å²) in [5.74, 6) is 1.37. The maximum absolute atomic E-state index is 12.1. The maximum Gasteiger partial charge on any atom is 0.226 e. The lowest BCUT2D eigenvalue weighted by atomic mass is 9.70. The highest BCUT2D eigenvalue weighted by molar-refractivity contribution is 9.09. The number of alkyl halides is 1. The number of nitrogens with one attached hydrogen (secondary N) is 1. The van der Waals surface area contributed by atoms with Gasteiger partial charge in [0.15, 0.2) is 0 Å². The number of carbonyl (C=O) groups is 1. The molecule has 3 rings (SSSR count). The first kappa shape index (κ1) is 15.3. The number of ether oxygens (including phenoxy) is 1. The summed E-state index contributed by atoms with van der Waals surface area (Å²) in [5, 5.41) is 4.72. The van der Waals surface area contributed by atoms with E-state index in [1.807, 2.05) is 6.07 Å². The molecule has 2 aromatic heterocycles. The quantitative estimate of drug-likeness (QED) is 0.798. The van der Waals surface area contributed by atoms with Gasteiger partial charge in [-0.15, -0.1) is 0 Å². The summed E-state index contributed by atoms with van der Waals surface area (Å²) in [6.07, 6.45) is 6.29. The standard InChI is InChI=1S/C16H19BrN2O3/c1-21-12-7-14-11(9-22-16(14)19-8-12)6-10-2-3-13(10)15(20)18-5-4-17/h7-10,13H,2-6H2,1H3,(H,18,20). The number of rotatable bonds is 6. The van der Waals surface area contributed by atoms with Crippen LogP contribution in [0.2, 0.25) is 0 Å². The van der Waals surface area contributed by atoms with E-state index < -0.39 is 0 Å². The fourth-order valence-electron chi connectivity index (χ4n) is 2.96. The van der Waals surface area contributed by atoms with E-state index in [2.05, 4.69) is 26.2 Å². The summed E-state index contributed by atoms with van der Waals surface area (Å²) in [4.78, 5) is 16.3. The molecular formula is C16H19BrN2O3. The van der Waals surface area contributed by atoms with E-state index in [1.165, 1.54) is 0 Å². The van der Waals surface area contributed by atoms with Crippen LogP contribution < -0.4 is 10.1 Å². The molecule has 2 atom stereocenters. The van der Waals surface area contributed by atoms with Crippen LogP contribution in [-0.4, -0.2) is 29.9 Å². The Morgan fingerprint density at radius 1 is 1.55 bits per heavy atom. The number of aromatic nitrogens is 1. The average Bonchev–Trinajstić information content (AvgIpc) is 2.91. The van der Waals surface area contributed by atoms with Crippen molar-refractivity contribution in [2.45, 2.75) is 19.3 Å². The minimum Gasteiger partial charge on any atom is -0.495 e. The van der Waals surface area contributed by atoms with E-state index in [4.69, 9.17) is 9.15 Å². The lowest BCUT2D eigenvalue weighted by Gasteiger charge is -2.35. The number of amides is 1. The molecule has 118 valence electrons. The van der Waals surface area contributed by atoms with Gasteiger partial charge >= 0.3 is 0 Å². The Hall–Kier alpha value is -1.56. The first-order chi connectivity index (χ1) is 10.7. The minimum atomic E-state index is 0.113. The molecule has 0 aliphatic heterocycles. The first-order valence-corrected chi connectivity index (χ1v) is 8.59. The highest BCUT2D eigenvalue weighted by Crippen LogP contribution is 2.38. The van der Waals surface area contributed by atoms with Crippen LogP contribution in [-0.2, 0) is 11.2 Å². The zero-order chi connectivity index (χ0) is 15.5. The highest BCUT2D eigenvalue weighted by Gasteiger charge is 2.36. The molecule has 0 radical (unpaired) electrons. The molecule has 1 saturated carbocycles. The number of halogens is 1. The van der Waals surface area contributed by atoms with Crippen LogP contribution in [0.5, 0.6) is 5.75 Å². The highest BCUT2D eigenvalue weighted by atomic mass is 79.9. The smallest absolute Gasteiger partial charge is 0.226 e. The second kappa shape index (κ2) is 6.69. The SMILES string of the molecule is COc1cnc2occ(CC3CCC3C(=O)NCCBr)c2c1. The second-order valence-electron chi connectivity index (χ2n) is 5.62. The summed E-state index contributed by atoms with van der Waals surface area (Å²) in [6.45, 7) is 0.678. The van der Waals surface area contributed by atoms with Gasteiger partial charge in [-0.25, -0.2) is 4.98 Å². The molecule has 6 heteroatoms. The number of nitrogens with zero attached hydrogens (tertiary/aromatic N) is 1. The lowest BCUT2D eigenvalue weighted by molar-refractivity contribution is -0.130. The largest absolute Gasteiger partial charge is 0.495 e. The number of methoxy groups -OCH3 is 1. The third kappa shape index (κ3) is 2.97. The third-order valence-electron chi connectivity index (χ3n) is 4.35. The van der Waals surface area contributed by atoms with E-state index in [9.17, 15) is 4.79 Å². The fraction of sp³-hybridized carbons (Fsp3) is 0.500. The van der Waals surface area contributed by atoms with Crippen molar-refractivity contribution in [2.75, 3.05) is 19.0 Å². The molecule has 1 N–H and O–H groups in total. The minimum absolute atomic E-state index is 0.113. The van der Waals surface area contributed by atoms with Crippen molar-refractivity contribution in [3.8, 4) is 5.75 Å². The van der Waals surface area contributed by atoms with Crippen molar-refractivity contribution in [2.24, 2.45) is 11.8 Å². The summed E-state index contributed by atoms with van der Waals surface area (Å²) in [7, 11) is 1.62. The Morgan fingerprint density at radius 2 is 2.41 bits per heavy atom. The number of fused-ring (bicyclic) bond motifs is 1. The van der Waals surface area contributed by atoms with Gasteiger partial charge in [0.05, 0.1) is 19.6 Å². The molecule has 0 saturated heterocycles. The lowest BCUT2D eigenvalue weighted by Crippen LogP contribution is -2.42. The molecule has 2 heterocycles. The summed E-state index contributed by atoms with van der Waals surface area (Å²) in [5.41, 5.74) is 1.72. The molecule has 1 aliphatic rings. The number of hydrogen-bond acceptors (Lipinski definition) is 4. The molecule has 2 aromatic rings. The molecule has 1 fully saturated rings. The van der Waals surface area contributed by atoms with Gasteiger partial charge in [-0.1, -0.05) is 15.9 Å². The van der Waals surface area contributed by atoms with E-state index >= 15 is 0 Å². The molecule has 0 spiro atoms. The van der Waals surface area contributed by atoms with Crippen LogP contribution in [0.4, 0.5) is 0 Å². The predicted molar refractivity (Wildman–Crippen MR) is 87.3 cm³/mol. The van der Waals surface area contributed by atoms with E-state index in [-0.39, 0.29) is 11.8 Å². The molecule has 0 bridgehead atoms. The predicted octanol–water partition coefficient (Wildman–Crippen LogP) is 2.92. The Bertz CT molecular complexity index is 670. The van der Waals surface area contributed by atoms with Gasteiger partial charge < -0.3 is 14.5 Å². The number of pyridine rings is 1. The van der Waals surface area contributed by atoms with Crippen LogP contribution in [0.3, 0.4) is 0 Å². The van der Waals surface area contributed by atoms with Crippen molar-refractivity contribution in [3.05, 3.63) is 24.1 Å². The summed E-state index contributed by atoms with van der Waals surface area (Å²) in [6, 6.07) is 1.94. The van der Waals surface area contributed by atoms with Crippen molar-refractivity contribution >= 4 is 32.9 Å². The normalized spacial score (nSPS) is 20.6. The zero-order valence-electron chi connectivity index (χ0n) is 12.5. The maximum atomic E-state index is 12.1. The average molecular weight is 367 g/mol. The van der Waals surface area contributed by atoms with Crippen LogP contribution in [0.1, 0.15) is 18.4 Å². The first-order valence-electron chi connectivity index (χ1n) is 7.46. The monoisotopic (exact) mass is 366 g/mol. The number of carbonyl (C=O) groups excluding carboxylic acids is 1. The van der Waals surface area contributed by atoms with E-state index in [1.54, 1.807) is 19.6 Å². The van der Waals surface area contributed by atoms with Crippen molar-refractivity contribution in [1.82, 2.24) is 10.3 Å². The van der Waals surface area contributed by atoms with Gasteiger partial charge in [0.25, 0.3) is 0 Å². The molecule has 22 heavy (non-hydrogen) atoms. The van der Waals surface area contributed by atoms with Gasteiger partial charge in [0.2, 0.25) is 11.6 Å². The Kier molecular flexibility index (Phi) is 4.66. The van der Waals surface area contributed by atoms with Gasteiger partial charge in [-0.2, -0.15) is 0 Å². The van der Waals surface area contributed by atoms with Crippen molar-refractivity contribution in [1.29, 1.82) is 0 Å². The van der Waals surface area contributed by atoms with Crippen LogP contribution in [0.25, 0.3) is 11.1 Å². The zero-order valence-corrected chi connectivity index (χ0v) is 14.1. The molecule has 1 aliphatic carbocycles. The number of furan rings is 1. The van der Waals surface area contributed by atoms with Crippen LogP contribution >= 0.6 is 15.9 Å². The van der Waals surface area contributed by atoms with Crippen molar-refractivity contribution in [3.63, 3.8) is 0 Å². The second-order valence-corrected chi connectivity index (χ2v) is 6.41. The molecule has 2 unspecified atom stereocenters. The van der Waals surface area contributed by atoms with E-state index in [0.29, 0.717) is 18.2 Å². The van der Waals surface area contributed by atoms with Gasteiger partial charge in [-0.05, 0) is 31.2 Å². The third-order valence-corrected chi connectivity index (χ3v) is 4.75. The molecule has 1 amide bonds. The molecule has 0 aromatic carbocycles.